The van der Waals surface area contributed by atoms with Gasteiger partial charge in [-0.3, -0.25) is 0 Å². The van der Waals surface area contributed by atoms with E-state index in [1.807, 2.05) is 43.3 Å². The number of nitrogens with zero attached hydrogens (tertiary/aromatic N) is 2. The highest BCUT2D eigenvalue weighted by Gasteiger charge is 2.10. The third-order valence-corrected chi connectivity index (χ3v) is 3.25. The fourth-order valence-corrected chi connectivity index (χ4v) is 2.13. The summed E-state index contributed by atoms with van der Waals surface area (Å²) >= 11 is 5.90. The van der Waals surface area contributed by atoms with Crippen LogP contribution in [0.3, 0.4) is 0 Å². The molecule has 0 aliphatic rings. The van der Waals surface area contributed by atoms with Crippen LogP contribution in [0, 0.1) is 6.92 Å². The van der Waals surface area contributed by atoms with Crippen LogP contribution in [0.15, 0.2) is 53.1 Å². The molecule has 1 aromatic heterocycles. The van der Waals surface area contributed by atoms with Gasteiger partial charge in [0.2, 0.25) is 5.82 Å². The Labute approximate surface area is 127 Å². The zero-order valence-electron chi connectivity index (χ0n) is 11.4. The minimum atomic E-state index is 0.208. The summed E-state index contributed by atoms with van der Waals surface area (Å²) in [6, 6.07) is 15.1. The fourth-order valence-electron chi connectivity index (χ4n) is 1.95. The highest BCUT2D eigenvalue weighted by atomic mass is 35.5. The van der Waals surface area contributed by atoms with Gasteiger partial charge in [0.05, 0.1) is 0 Å². The Bertz CT molecular complexity index is 755. The van der Waals surface area contributed by atoms with E-state index in [1.54, 1.807) is 12.1 Å². The lowest BCUT2D eigenvalue weighted by Gasteiger charge is -2.02. The summed E-state index contributed by atoms with van der Waals surface area (Å²) in [5, 5.41) is 4.61. The molecule has 4 nitrogen and oxygen atoms in total. The Morgan fingerprint density at radius 1 is 1.14 bits per heavy atom. The van der Waals surface area contributed by atoms with Crippen molar-refractivity contribution in [1.82, 2.24) is 10.1 Å². The molecule has 0 saturated carbocycles. The van der Waals surface area contributed by atoms with E-state index in [-0.39, 0.29) is 6.61 Å². The van der Waals surface area contributed by atoms with Crippen LogP contribution in [0.5, 0.6) is 5.75 Å². The molecule has 3 rings (SSSR count). The normalized spacial score (nSPS) is 10.6. The van der Waals surface area contributed by atoms with Gasteiger partial charge in [-0.25, -0.2) is 0 Å². The van der Waals surface area contributed by atoms with Gasteiger partial charge in [0.25, 0.3) is 5.89 Å². The van der Waals surface area contributed by atoms with Crippen LogP contribution < -0.4 is 4.74 Å². The van der Waals surface area contributed by atoms with Crippen molar-refractivity contribution in [2.45, 2.75) is 13.5 Å². The van der Waals surface area contributed by atoms with Gasteiger partial charge in [0.1, 0.15) is 5.75 Å². The Kier molecular flexibility index (Phi) is 3.88. The molecule has 0 saturated heterocycles. The van der Waals surface area contributed by atoms with Crippen LogP contribution in [-0.2, 0) is 6.61 Å². The molecule has 0 bridgehead atoms. The first kappa shape index (κ1) is 13.6. The lowest BCUT2D eigenvalue weighted by molar-refractivity contribution is 0.243. The minimum Gasteiger partial charge on any atom is -0.484 e. The third-order valence-electron chi connectivity index (χ3n) is 3.01. The number of hydrogen-bond acceptors (Lipinski definition) is 4. The molecule has 1 heterocycles. The molecule has 3 aromatic rings. The smallest absolute Gasteiger partial charge is 0.264 e. The molecule has 2 aromatic carbocycles. The van der Waals surface area contributed by atoms with Gasteiger partial charge in [-0.2, -0.15) is 4.98 Å². The van der Waals surface area contributed by atoms with E-state index < -0.39 is 0 Å². The van der Waals surface area contributed by atoms with Crippen LogP contribution >= 0.6 is 11.6 Å². The van der Waals surface area contributed by atoms with Crippen molar-refractivity contribution in [3.05, 3.63) is 65.0 Å². The van der Waals surface area contributed by atoms with Crippen LogP contribution in [0.4, 0.5) is 0 Å². The van der Waals surface area contributed by atoms with Crippen molar-refractivity contribution in [2.75, 3.05) is 0 Å². The molecule has 5 heteroatoms. The second kappa shape index (κ2) is 5.97. The van der Waals surface area contributed by atoms with Gasteiger partial charge in [0, 0.05) is 10.6 Å². The molecule has 106 valence electrons. The average molecular weight is 301 g/mol. The molecule has 0 aliphatic heterocycles. The van der Waals surface area contributed by atoms with Gasteiger partial charge >= 0.3 is 0 Å². The van der Waals surface area contributed by atoms with Crippen molar-refractivity contribution in [2.24, 2.45) is 0 Å². The molecule has 0 unspecified atom stereocenters. The van der Waals surface area contributed by atoms with Crippen molar-refractivity contribution >= 4 is 11.6 Å². The lowest BCUT2D eigenvalue weighted by Crippen LogP contribution is -1.95. The predicted octanol–water partition coefficient (Wildman–Crippen LogP) is 4.28. The van der Waals surface area contributed by atoms with Crippen molar-refractivity contribution < 1.29 is 9.26 Å². The molecule has 0 radical (unpaired) electrons. The summed E-state index contributed by atoms with van der Waals surface area (Å²) in [4.78, 5) is 4.34. The van der Waals surface area contributed by atoms with Crippen LogP contribution in [-0.4, -0.2) is 10.1 Å². The monoisotopic (exact) mass is 300 g/mol. The molecular weight excluding hydrogens is 288 g/mol. The lowest BCUT2D eigenvalue weighted by atomic mass is 10.1. The van der Waals surface area contributed by atoms with Gasteiger partial charge < -0.3 is 9.26 Å². The molecule has 0 spiro atoms. The fraction of sp³-hybridized carbons (Fsp3) is 0.125. The number of halogens is 1. The molecule has 0 aliphatic carbocycles. The average Bonchev–Trinajstić information content (AvgIpc) is 2.94. The zero-order valence-corrected chi connectivity index (χ0v) is 12.2. The molecule has 0 N–H and O–H groups in total. The second-order valence-corrected chi connectivity index (χ2v) is 5.01. The zero-order chi connectivity index (χ0) is 14.7. The summed E-state index contributed by atoms with van der Waals surface area (Å²) < 4.78 is 10.8. The van der Waals surface area contributed by atoms with Crippen molar-refractivity contribution in [1.29, 1.82) is 0 Å². The minimum absolute atomic E-state index is 0.208. The Hall–Kier alpha value is -2.33. The number of rotatable bonds is 4. The first-order chi connectivity index (χ1) is 10.2. The van der Waals surface area contributed by atoms with E-state index in [2.05, 4.69) is 10.1 Å². The number of benzene rings is 2. The molecule has 0 amide bonds. The highest BCUT2D eigenvalue weighted by Crippen LogP contribution is 2.21. The van der Waals surface area contributed by atoms with E-state index >= 15 is 0 Å². The summed E-state index contributed by atoms with van der Waals surface area (Å²) in [6.45, 7) is 2.22. The number of hydrogen-bond donors (Lipinski definition) is 0. The van der Waals surface area contributed by atoms with Crippen LogP contribution in [0.1, 0.15) is 11.5 Å². The van der Waals surface area contributed by atoms with Gasteiger partial charge in [-0.15, -0.1) is 0 Å². The topological polar surface area (TPSA) is 48.2 Å². The van der Waals surface area contributed by atoms with Crippen LogP contribution in [0.25, 0.3) is 11.4 Å². The standard InChI is InChI=1S/C16H13ClN2O2/c1-11-5-2-3-8-14(11)16-18-15(21-19-16)10-20-13-7-4-6-12(17)9-13/h2-9H,10H2,1H3. The number of aryl methyl sites for hydroxylation is 1. The summed E-state index contributed by atoms with van der Waals surface area (Å²) in [6.07, 6.45) is 0. The van der Waals surface area contributed by atoms with E-state index in [0.717, 1.165) is 11.1 Å². The van der Waals surface area contributed by atoms with E-state index in [9.17, 15) is 0 Å². The highest BCUT2D eigenvalue weighted by molar-refractivity contribution is 6.30. The number of ether oxygens (including phenoxy) is 1. The Balaban J connectivity index is 1.72. The maximum atomic E-state index is 5.90. The van der Waals surface area contributed by atoms with Crippen molar-refractivity contribution in [3.63, 3.8) is 0 Å². The summed E-state index contributed by atoms with van der Waals surface area (Å²) in [5.74, 6) is 1.66. The van der Waals surface area contributed by atoms with Crippen LogP contribution in [0.2, 0.25) is 5.02 Å². The van der Waals surface area contributed by atoms with E-state index in [4.69, 9.17) is 20.9 Å². The maximum Gasteiger partial charge on any atom is 0.264 e. The Morgan fingerprint density at radius 3 is 2.81 bits per heavy atom. The summed E-state index contributed by atoms with van der Waals surface area (Å²) in [5.41, 5.74) is 2.05. The third kappa shape index (κ3) is 3.23. The SMILES string of the molecule is Cc1ccccc1-c1noc(COc2cccc(Cl)c2)n1. The quantitative estimate of drug-likeness (QED) is 0.721. The Morgan fingerprint density at radius 2 is 2.00 bits per heavy atom. The first-order valence-corrected chi connectivity index (χ1v) is 6.87. The molecule has 21 heavy (non-hydrogen) atoms. The summed E-state index contributed by atoms with van der Waals surface area (Å²) in [7, 11) is 0. The predicted molar refractivity (Wildman–Crippen MR) is 80.3 cm³/mol. The largest absolute Gasteiger partial charge is 0.484 e. The second-order valence-electron chi connectivity index (χ2n) is 4.57. The molecule has 0 fully saturated rings. The van der Waals surface area contributed by atoms with Gasteiger partial charge in [0.15, 0.2) is 6.61 Å². The maximum absolute atomic E-state index is 5.90. The van der Waals surface area contributed by atoms with Gasteiger partial charge in [-0.1, -0.05) is 47.1 Å². The molecule has 0 atom stereocenters. The van der Waals surface area contributed by atoms with Crippen molar-refractivity contribution in [3.8, 4) is 17.1 Å². The van der Waals surface area contributed by atoms with Gasteiger partial charge in [-0.05, 0) is 30.7 Å². The van der Waals surface area contributed by atoms with E-state index in [1.165, 1.54) is 0 Å². The first-order valence-electron chi connectivity index (χ1n) is 6.49. The van der Waals surface area contributed by atoms with E-state index in [0.29, 0.717) is 22.5 Å². The molecular formula is C16H13ClN2O2. The number of aromatic nitrogens is 2.